The number of alkyl halides is 3. The molecule has 0 atom stereocenters. The molecule has 0 unspecified atom stereocenters. The molecule has 1 N–H and O–H groups in total. The second kappa shape index (κ2) is 11.4. The summed E-state index contributed by atoms with van der Waals surface area (Å²) < 4.78 is 45.5. The molecule has 0 saturated carbocycles. The first-order chi connectivity index (χ1) is 19.9. The second-order valence-electron chi connectivity index (χ2n) is 11.9. The highest BCUT2D eigenvalue weighted by atomic mass is 19.4. The summed E-state index contributed by atoms with van der Waals surface area (Å²) in [4.78, 5) is 27.4. The van der Waals surface area contributed by atoms with Gasteiger partial charge in [-0.3, -0.25) is 4.79 Å². The van der Waals surface area contributed by atoms with Crippen LogP contribution in [0.3, 0.4) is 0 Å². The Morgan fingerprint density at radius 3 is 2.36 bits per heavy atom. The van der Waals surface area contributed by atoms with Gasteiger partial charge in [-0.2, -0.15) is 13.2 Å². The number of hydrogen-bond acceptors (Lipinski definition) is 6. The van der Waals surface area contributed by atoms with Gasteiger partial charge in [0.15, 0.2) is 5.58 Å². The Morgan fingerprint density at radius 1 is 1.05 bits per heavy atom. The number of carbonyl (C=O) groups excluding carboxylic acids is 1. The van der Waals surface area contributed by atoms with Crippen LogP contribution in [0.25, 0.3) is 22.6 Å². The van der Waals surface area contributed by atoms with Gasteiger partial charge in [0.05, 0.1) is 0 Å². The molecule has 2 aromatic heterocycles. The number of piperidine rings is 1. The van der Waals surface area contributed by atoms with Crippen molar-refractivity contribution >= 4 is 23.0 Å². The lowest BCUT2D eigenvalue weighted by molar-refractivity contribution is -0.141. The molecule has 1 aliphatic heterocycles. The van der Waals surface area contributed by atoms with Crippen LogP contribution < -0.4 is 10.2 Å². The van der Waals surface area contributed by atoms with Gasteiger partial charge in [0.25, 0.3) is 5.91 Å². The van der Waals surface area contributed by atoms with Crippen molar-refractivity contribution in [1.29, 1.82) is 0 Å². The highest BCUT2D eigenvalue weighted by Gasteiger charge is 2.39. The summed E-state index contributed by atoms with van der Waals surface area (Å²) in [6, 6.07) is 12.2. The maximum absolute atomic E-state index is 13.1. The number of nitrogens with one attached hydrogen (secondary N) is 1. The average molecular weight is 580 g/mol. The molecular weight excluding hydrogens is 543 g/mol. The number of aromatic nitrogens is 3. The lowest BCUT2D eigenvalue weighted by Gasteiger charge is -2.44. The number of oxazole rings is 1. The lowest BCUT2D eigenvalue weighted by atomic mass is 9.70. The van der Waals surface area contributed by atoms with Gasteiger partial charge in [0, 0.05) is 37.0 Å². The largest absolute Gasteiger partial charge is 0.436 e. The highest BCUT2D eigenvalue weighted by molar-refractivity contribution is 5.94. The number of nitrogens with zero attached hydrogens (tertiary/aromatic N) is 4. The van der Waals surface area contributed by atoms with Crippen molar-refractivity contribution in [2.24, 2.45) is 11.3 Å². The Morgan fingerprint density at radius 2 is 1.74 bits per heavy atom. The van der Waals surface area contributed by atoms with E-state index in [0.717, 1.165) is 40.1 Å². The minimum Gasteiger partial charge on any atom is -0.436 e. The van der Waals surface area contributed by atoms with E-state index in [1.807, 2.05) is 25.1 Å². The minimum absolute atomic E-state index is 0.0841. The summed E-state index contributed by atoms with van der Waals surface area (Å²) in [5.74, 6) is 0.971. The first kappa shape index (κ1) is 29.5. The number of rotatable bonds is 7. The van der Waals surface area contributed by atoms with Crippen molar-refractivity contribution in [3.63, 3.8) is 0 Å². The Balaban J connectivity index is 1.24. The number of hydrogen-bond donors (Lipinski definition) is 1. The average Bonchev–Trinajstić information content (AvgIpc) is 3.39. The lowest BCUT2D eigenvalue weighted by Crippen LogP contribution is -2.49. The van der Waals surface area contributed by atoms with E-state index >= 15 is 0 Å². The normalized spacial score (nSPS) is 15.5. The summed E-state index contributed by atoms with van der Waals surface area (Å²) in [5, 5.41) is 3.10. The van der Waals surface area contributed by atoms with E-state index in [9.17, 15) is 18.0 Å². The first-order valence-electron chi connectivity index (χ1n) is 14.3. The molecule has 42 heavy (non-hydrogen) atoms. The summed E-state index contributed by atoms with van der Waals surface area (Å²) in [6.45, 7) is 12.0. The van der Waals surface area contributed by atoms with E-state index in [1.165, 1.54) is 0 Å². The number of amides is 1. The van der Waals surface area contributed by atoms with E-state index in [2.05, 4.69) is 49.0 Å². The van der Waals surface area contributed by atoms with Crippen LogP contribution in [0.4, 0.5) is 19.1 Å². The fraction of sp³-hybridized carbons (Fsp3) is 0.438. The highest BCUT2D eigenvalue weighted by Crippen LogP contribution is 2.39. The molecule has 0 spiro atoms. The van der Waals surface area contributed by atoms with Gasteiger partial charge in [-0.05, 0) is 84.5 Å². The van der Waals surface area contributed by atoms with E-state index < -0.39 is 11.9 Å². The van der Waals surface area contributed by atoms with Crippen LogP contribution >= 0.6 is 0 Å². The van der Waals surface area contributed by atoms with Crippen molar-refractivity contribution in [3.05, 3.63) is 71.0 Å². The molecule has 1 amide bonds. The van der Waals surface area contributed by atoms with Crippen molar-refractivity contribution in [1.82, 2.24) is 20.3 Å². The van der Waals surface area contributed by atoms with Crippen molar-refractivity contribution in [3.8, 4) is 11.5 Å². The Labute approximate surface area is 243 Å². The van der Waals surface area contributed by atoms with Crippen LogP contribution in [0.2, 0.25) is 0 Å². The molecule has 10 heteroatoms. The van der Waals surface area contributed by atoms with Crippen molar-refractivity contribution in [2.75, 3.05) is 24.5 Å². The zero-order valence-electron chi connectivity index (χ0n) is 24.5. The zero-order valence-corrected chi connectivity index (χ0v) is 24.5. The predicted molar refractivity (Wildman–Crippen MR) is 156 cm³/mol. The maximum atomic E-state index is 13.1. The quantitative estimate of drug-likeness (QED) is 0.246. The van der Waals surface area contributed by atoms with Crippen LogP contribution in [0.5, 0.6) is 0 Å². The third kappa shape index (κ3) is 5.98. The number of benzene rings is 2. The molecule has 2 aromatic carbocycles. The smallest absolute Gasteiger partial charge is 0.433 e. The summed E-state index contributed by atoms with van der Waals surface area (Å²) in [5.41, 5.74) is 4.03. The standard InChI is InChI=1S/C32H36F3N5O2/c1-19(2)24-16-21(5)17-25-27(24)42-29(38-25)23-8-6-22(7-9-23)28(41)37-18-31(20(3)4)11-14-40(15-12-31)30-36-13-10-26(39-30)32(33,34)35/h6-10,13,16-17,19-20H,11-12,14-15,18H2,1-5H3,(H,37,41). The van der Waals surface area contributed by atoms with Gasteiger partial charge in [-0.1, -0.05) is 33.8 Å². The number of carbonyl (C=O) groups is 1. The Hall–Kier alpha value is -3.95. The van der Waals surface area contributed by atoms with Crippen molar-refractivity contribution < 1.29 is 22.4 Å². The number of fused-ring (bicyclic) bond motifs is 1. The molecule has 1 fully saturated rings. The number of halogens is 3. The summed E-state index contributed by atoms with van der Waals surface area (Å²) in [6.07, 6.45) is -1.98. The van der Waals surface area contributed by atoms with Crippen LogP contribution in [0.15, 0.2) is 53.1 Å². The topological polar surface area (TPSA) is 84.2 Å². The van der Waals surface area contributed by atoms with Gasteiger partial charge in [0.2, 0.25) is 11.8 Å². The van der Waals surface area contributed by atoms with E-state index in [0.29, 0.717) is 49.8 Å². The van der Waals surface area contributed by atoms with Gasteiger partial charge in [-0.25, -0.2) is 15.0 Å². The van der Waals surface area contributed by atoms with Gasteiger partial charge in [0.1, 0.15) is 11.2 Å². The molecule has 0 bridgehead atoms. The zero-order chi connectivity index (χ0) is 30.2. The van der Waals surface area contributed by atoms with Gasteiger partial charge in [-0.15, -0.1) is 0 Å². The molecule has 1 saturated heterocycles. The third-order valence-electron chi connectivity index (χ3n) is 8.48. The molecule has 1 aliphatic rings. The van der Waals surface area contributed by atoms with Gasteiger partial charge < -0.3 is 14.6 Å². The molecule has 4 aromatic rings. The SMILES string of the molecule is Cc1cc(C(C)C)c2oc(-c3ccc(C(=O)NCC4(C(C)C)CCN(c5nccc(C(F)(F)F)n5)CC4)cc3)nc2c1. The number of aryl methyl sites for hydroxylation is 1. The summed E-state index contributed by atoms with van der Waals surface area (Å²) in [7, 11) is 0. The molecule has 5 rings (SSSR count). The summed E-state index contributed by atoms with van der Waals surface area (Å²) >= 11 is 0. The van der Waals surface area contributed by atoms with Crippen LogP contribution in [-0.2, 0) is 6.18 Å². The minimum atomic E-state index is -4.52. The predicted octanol–water partition coefficient (Wildman–Crippen LogP) is 7.41. The van der Waals surface area contributed by atoms with E-state index in [4.69, 9.17) is 9.40 Å². The third-order valence-corrected chi connectivity index (χ3v) is 8.48. The second-order valence-corrected chi connectivity index (χ2v) is 11.9. The van der Waals surface area contributed by atoms with E-state index in [1.54, 1.807) is 17.0 Å². The fourth-order valence-electron chi connectivity index (χ4n) is 5.65. The first-order valence-corrected chi connectivity index (χ1v) is 14.3. The molecule has 7 nitrogen and oxygen atoms in total. The van der Waals surface area contributed by atoms with E-state index in [-0.39, 0.29) is 23.2 Å². The van der Waals surface area contributed by atoms with Gasteiger partial charge >= 0.3 is 6.18 Å². The molecule has 0 radical (unpaired) electrons. The molecular formula is C32H36F3N5O2. The fourth-order valence-corrected chi connectivity index (χ4v) is 5.65. The molecule has 0 aliphatic carbocycles. The van der Waals surface area contributed by atoms with Crippen LogP contribution in [0, 0.1) is 18.3 Å². The molecule has 222 valence electrons. The molecule has 3 heterocycles. The number of anilines is 1. The Kier molecular flexibility index (Phi) is 8.00. The van der Waals surface area contributed by atoms with Crippen LogP contribution in [0.1, 0.15) is 73.6 Å². The van der Waals surface area contributed by atoms with Crippen LogP contribution in [-0.4, -0.2) is 40.5 Å². The maximum Gasteiger partial charge on any atom is 0.433 e. The van der Waals surface area contributed by atoms with Crippen molar-refractivity contribution in [2.45, 2.75) is 59.6 Å². The monoisotopic (exact) mass is 579 g/mol. The Bertz CT molecular complexity index is 1570.